The summed E-state index contributed by atoms with van der Waals surface area (Å²) in [6, 6.07) is 0.391. The van der Waals surface area contributed by atoms with Gasteiger partial charge < -0.3 is 10.6 Å². The molecule has 4 nitrogen and oxygen atoms in total. The third-order valence-corrected chi connectivity index (χ3v) is 5.02. The fourth-order valence-electron chi connectivity index (χ4n) is 3.68. The zero-order chi connectivity index (χ0) is 14.4. The number of carbonyl (C=O) groups is 1. The van der Waals surface area contributed by atoms with Gasteiger partial charge >= 0.3 is 0 Å². The van der Waals surface area contributed by atoms with E-state index in [2.05, 4.69) is 16.7 Å². The molecule has 116 valence electrons. The van der Waals surface area contributed by atoms with Crippen molar-refractivity contribution in [2.24, 2.45) is 11.7 Å². The Bertz CT molecular complexity index is 300. The van der Waals surface area contributed by atoms with Crippen molar-refractivity contribution in [1.29, 1.82) is 0 Å². The second kappa shape index (κ2) is 7.99. The molecule has 2 unspecified atom stereocenters. The SMILES string of the molecule is CC1CCCN(CC(=O)N2CCCCCCC2)C1CN. The number of amides is 1. The van der Waals surface area contributed by atoms with Crippen LogP contribution in [0, 0.1) is 5.92 Å². The minimum Gasteiger partial charge on any atom is -0.342 e. The van der Waals surface area contributed by atoms with Gasteiger partial charge in [0.05, 0.1) is 6.54 Å². The first kappa shape index (κ1) is 15.8. The highest BCUT2D eigenvalue weighted by Gasteiger charge is 2.29. The van der Waals surface area contributed by atoms with Gasteiger partial charge in [-0.15, -0.1) is 0 Å². The van der Waals surface area contributed by atoms with Gasteiger partial charge in [-0.1, -0.05) is 26.2 Å². The fraction of sp³-hybridized carbons (Fsp3) is 0.938. The number of likely N-dealkylation sites (tertiary alicyclic amines) is 2. The van der Waals surface area contributed by atoms with Gasteiger partial charge in [0, 0.05) is 25.7 Å². The van der Waals surface area contributed by atoms with Crippen LogP contribution in [0.25, 0.3) is 0 Å². The number of nitrogens with two attached hydrogens (primary N) is 1. The number of rotatable bonds is 3. The van der Waals surface area contributed by atoms with Gasteiger partial charge in [0.2, 0.25) is 5.91 Å². The highest BCUT2D eigenvalue weighted by atomic mass is 16.2. The van der Waals surface area contributed by atoms with Gasteiger partial charge in [0.15, 0.2) is 0 Å². The minimum atomic E-state index is 0.319. The lowest BCUT2D eigenvalue weighted by atomic mass is 9.91. The van der Waals surface area contributed by atoms with Gasteiger partial charge in [0.1, 0.15) is 0 Å². The molecule has 20 heavy (non-hydrogen) atoms. The molecule has 0 saturated carbocycles. The molecule has 0 aromatic heterocycles. The lowest BCUT2D eigenvalue weighted by Crippen LogP contribution is -2.52. The topological polar surface area (TPSA) is 49.6 Å². The standard InChI is InChI=1S/C16H31N3O/c1-14-8-7-11-19(15(14)12-17)13-16(20)18-9-5-3-2-4-6-10-18/h14-15H,2-13,17H2,1H3. The summed E-state index contributed by atoms with van der Waals surface area (Å²) in [5.41, 5.74) is 5.92. The molecular weight excluding hydrogens is 250 g/mol. The number of nitrogens with zero attached hydrogens (tertiary/aromatic N) is 2. The largest absolute Gasteiger partial charge is 0.342 e. The Hall–Kier alpha value is -0.610. The molecule has 0 aromatic rings. The van der Waals surface area contributed by atoms with E-state index in [1.807, 2.05) is 0 Å². The maximum Gasteiger partial charge on any atom is 0.236 e. The van der Waals surface area contributed by atoms with Crippen LogP contribution in [0.15, 0.2) is 0 Å². The molecule has 0 bridgehead atoms. The van der Waals surface area contributed by atoms with Crippen LogP contribution in [0.1, 0.15) is 51.9 Å². The van der Waals surface area contributed by atoms with Crippen molar-refractivity contribution in [3.05, 3.63) is 0 Å². The van der Waals surface area contributed by atoms with Crippen LogP contribution in [0.2, 0.25) is 0 Å². The highest BCUT2D eigenvalue weighted by molar-refractivity contribution is 5.78. The smallest absolute Gasteiger partial charge is 0.236 e. The Kier molecular flexibility index (Phi) is 6.30. The van der Waals surface area contributed by atoms with E-state index in [0.29, 0.717) is 31.0 Å². The zero-order valence-electron chi connectivity index (χ0n) is 13.0. The molecule has 2 atom stereocenters. The quantitative estimate of drug-likeness (QED) is 0.859. The first-order chi connectivity index (χ1) is 9.72. The van der Waals surface area contributed by atoms with E-state index < -0.39 is 0 Å². The lowest BCUT2D eigenvalue weighted by molar-refractivity contribution is -0.134. The summed E-state index contributed by atoms with van der Waals surface area (Å²) in [6.07, 6.45) is 8.67. The molecule has 0 spiro atoms. The third-order valence-electron chi connectivity index (χ3n) is 5.02. The normalized spacial score (nSPS) is 29.8. The number of piperidine rings is 1. The molecule has 2 saturated heterocycles. The molecule has 0 aromatic carbocycles. The molecule has 2 aliphatic rings. The Balaban J connectivity index is 1.88. The molecule has 4 heteroatoms. The minimum absolute atomic E-state index is 0.319. The highest BCUT2D eigenvalue weighted by Crippen LogP contribution is 2.22. The maximum atomic E-state index is 12.5. The van der Waals surface area contributed by atoms with Crippen molar-refractivity contribution in [3.63, 3.8) is 0 Å². The van der Waals surface area contributed by atoms with E-state index in [-0.39, 0.29) is 0 Å². The first-order valence-electron chi connectivity index (χ1n) is 8.44. The van der Waals surface area contributed by atoms with Crippen LogP contribution in [-0.2, 0) is 4.79 Å². The molecule has 2 fully saturated rings. The summed E-state index contributed by atoms with van der Waals surface area (Å²) in [5.74, 6) is 0.938. The summed E-state index contributed by atoms with van der Waals surface area (Å²) in [5, 5.41) is 0. The fourth-order valence-corrected chi connectivity index (χ4v) is 3.68. The van der Waals surface area contributed by atoms with E-state index in [1.54, 1.807) is 0 Å². The predicted octanol–water partition coefficient (Wildman–Crippen LogP) is 1.84. The number of hydrogen-bond acceptors (Lipinski definition) is 3. The van der Waals surface area contributed by atoms with Crippen molar-refractivity contribution in [3.8, 4) is 0 Å². The Morgan fingerprint density at radius 3 is 2.35 bits per heavy atom. The van der Waals surface area contributed by atoms with Crippen LogP contribution < -0.4 is 5.73 Å². The molecule has 2 N–H and O–H groups in total. The summed E-state index contributed by atoms with van der Waals surface area (Å²) < 4.78 is 0. The monoisotopic (exact) mass is 281 g/mol. The molecular formula is C16H31N3O. The van der Waals surface area contributed by atoms with Gasteiger partial charge in [-0.2, -0.15) is 0 Å². The Labute approximate surface area is 123 Å². The van der Waals surface area contributed by atoms with Gasteiger partial charge in [-0.3, -0.25) is 9.69 Å². The molecule has 2 rings (SSSR count). The van der Waals surface area contributed by atoms with Crippen LogP contribution in [0.3, 0.4) is 0 Å². The van der Waals surface area contributed by atoms with E-state index >= 15 is 0 Å². The summed E-state index contributed by atoms with van der Waals surface area (Å²) in [7, 11) is 0. The van der Waals surface area contributed by atoms with Crippen molar-refractivity contribution >= 4 is 5.91 Å². The van der Waals surface area contributed by atoms with Crippen LogP contribution >= 0.6 is 0 Å². The van der Waals surface area contributed by atoms with Gasteiger partial charge in [-0.25, -0.2) is 0 Å². The van der Waals surface area contributed by atoms with Gasteiger partial charge in [-0.05, 0) is 38.1 Å². The van der Waals surface area contributed by atoms with Crippen molar-refractivity contribution in [2.75, 3.05) is 32.7 Å². The van der Waals surface area contributed by atoms with Crippen molar-refractivity contribution in [2.45, 2.75) is 57.9 Å². The van der Waals surface area contributed by atoms with E-state index in [1.165, 1.54) is 44.9 Å². The summed E-state index contributed by atoms with van der Waals surface area (Å²) in [4.78, 5) is 17.0. The molecule has 2 heterocycles. The second-order valence-corrected chi connectivity index (χ2v) is 6.54. The molecule has 2 aliphatic heterocycles. The Morgan fingerprint density at radius 1 is 1.05 bits per heavy atom. The van der Waals surface area contributed by atoms with Crippen LogP contribution in [0.5, 0.6) is 0 Å². The molecule has 0 aliphatic carbocycles. The second-order valence-electron chi connectivity index (χ2n) is 6.54. The maximum absolute atomic E-state index is 12.5. The van der Waals surface area contributed by atoms with Crippen molar-refractivity contribution < 1.29 is 4.79 Å². The first-order valence-corrected chi connectivity index (χ1v) is 8.44. The number of hydrogen-bond donors (Lipinski definition) is 1. The third kappa shape index (κ3) is 4.19. The van der Waals surface area contributed by atoms with Crippen molar-refractivity contribution in [1.82, 2.24) is 9.80 Å². The van der Waals surface area contributed by atoms with Crippen LogP contribution in [-0.4, -0.2) is 54.5 Å². The molecule has 1 amide bonds. The molecule has 0 radical (unpaired) electrons. The lowest BCUT2D eigenvalue weighted by Gasteiger charge is -2.40. The Morgan fingerprint density at radius 2 is 1.70 bits per heavy atom. The number of carbonyl (C=O) groups excluding carboxylic acids is 1. The van der Waals surface area contributed by atoms with Crippen LogP contribution in [0.4, 0.5) is 0 Å². The predicted molar refractivity (Wildman–Crippen MR) is 82.5 cm³/mol. The van der Waals surface area contributed by atoms with E-state index in [0.717, 1.165) is 19.6 Å². The zero-order valence-corrected chi connectivity index (χ0v) is 13.0. The van der Waals surface area contributed by atoms with E-state index in [9.17, 15) is 4.79 Å². The summed E-state index contributed by atoms with van der Waals surface area (Å²) in [6.45, 7) is 6.46. The summed E-state index contributed by atoms with van der Waals surface area (Å²) >= 11 is 0. The average Bonchev–Trinajstić information content (AvgIpc) is 2.38. The van der Waals surface area contributed by atoms with Gasteiger partial charge in [0.25, 0.3) is 0 Å². The van der Waals surface area contributed by atoms with E-state index in [4.69, 9.17) is 5.73 Å². The average molecular weight is 281 g/mol.